The van der Waals surface area contributed by atoms with Gasteiger partial charge in [-0.25, -0.2) is 4.98 Å². The van der Waals surface area contributed by atoms with E-state index in [9.17, 15) is 0 Å². The third-order valence-electron chi connectivity index (χ3n) is 7.51. The maximum atomic E-state index is 6.86. The molecule has 2 fully saturated rings. The average molecular weight is 460 g/mol. The Kier molecular flexibility index (Phi) is 5.28. The van der Waals surface area contributed by atoms with Gasteiger partial charge in [-0.1, -0.05) is 73.6 Å². The zero-order chi connectivity index (χ0) is 21.7. The Hall–Kier alpha value is -1.88. The van der Waals surface area contributed by atoms with Gasteiger partial charge >= 0.3 is 0 Å². The van der Waals surface area contributed by atoms with Crippen LogP contribution in [0.5, 0.6) is 0 Å². The fourth-order valence-electron chi connectivity index (χ4n) is 5.77. The second-order valence-electron chi connectivity index (χ2n) is 9.86. The third kappa shape index (κ3) is 3.76. The minimum atomic E-state index is 0.118. The number of hydrogen-bond donors (Lipinski definition) is 0. The molecular weight excluding hydrogens is 430 g/mol. The normalized spacial score (nSPS) is 30.4. The molecule has 6 rings (SSSR count). The van der Waals surface area contributed by atoms with Crippen LogP contribution in [0, 0.1) is 11.8 Å². The first-order chi connectivity index (χ1) is 15.6. The average Bonchev–Trinajstić information content (AvgIpc) is 3.20. The summed E-state index contributed by atoms with van der Waals surface area (Å²) in [5, 5.41) is 2.59. The van der Waals surface area contributed by atoms with Crippen LogP contribution >= 0.6 is 23.1 Å². The molecule has 0 amide bonds. The van der Waals surface area contributed by atoms with Gasteiger partial charge < -0.3 is 4.74 Å². The monoisotopic (exact) mass is 459 g/mol. The second kappa shape index (κ2) is 8.16. The van der Waals surface area contributed by atoms with Crippen LogP contribution in [0.4, 0.5) is 0 Å². The first-order valence-electron chi connectivity index (χ1n) is 11.8. The van der Waals surface area contributed by atoms with Gasteiger partial charge in [0.25, 0.3) is 0 Å². The number of rotatable bonds is 3. The topological polar surface area (TPSA) is 22.1 Å². The fourth-order valence-corrected chi connectivity index (χ4v) is 8.67. The van der Waals surface area contributed by atoms with E-state index in [0.717, 1.165) is 17.9 Å². The molecule has 0 spiro atoms. The molecule has 3 aromatic carbocycles. The lowest BCUT2D eigenvalue weighted by molar-refractivity contribution is -0.122. The SMILES string of the molecule is C[C@@H]1CC[C@@H]2[C@@H](C1)O[C@@H](c1ccc3ccccc3c1)C[C@@]2(C)Sc1nc2ccccc2s1. The molecule has 0 unspecified atom stereocenters. The molecule has 32 heavy (non-hydrogen) atoms. The number of nitrogens with zero attached hydrogens (tertiary/aromatic N) is 1. The molecule has 2 nitrogen and oxygen atoms in total. The van der Waals surface area contributed by atoms with E-state index in [1.54, 1.807) is 0 Å². The zero-order valence-corrected chi connectivity index (χ0v) is 20.3. The van der Waals surface area contributed by atoms with E-state index in [1.165, 1.54) is 44.6 Å². The minimum absolute atomic E-state index is 0.118. The summed E-state index contributed by atoms with van der Waals surface area (Å²) in [7, 11) is 0. The molecular formula is C28H29NOS2. The van der Waals surface area contributed by atoms with Crippen LogP contribution in [-0.4, -0.2) is 15.8 Å². The first kappa shape index (κ1) is 20.7. The van der Waals surface area contributed by atoms with Crippen molar-refractivity contribution in [2.24, 2.45) is 11.8 Å². The van der Waals surface area contributed by atoms with E-state index >= 15 is 0 Å². The van der Waals surface area contributed by atoms with Crippen molar-refractivity contribution < 1.29 is 4.74 Å². The van der Waals surface area contributed by atoms with Crippen molar-refractivity contribution in [2.75, 3.05) is 0 Å². The Balaban J connectivity index is 1.36. The highest BCUT2D eigenvalue weighted by molar-refractivity contribution is 8.02. The first-order valence-corrected chi connectivity index (χ1v) is 13.4. The molecule has 1 aliphatic heterocycles. The van der Waals surface area contributed by atoms with Gasteiger partial charge in [0.05, 0.1) is 22.4 Å². The van der Waals surface area contributed by atoms with Gasteiger partial charge in [-0.3, -0.25) is 0 Å². The van der Waals surface area contributed by atoms with Gasteiger partial charge in [-0.15, -0.1) is 11.3 Å². The summed E-state index contributed by atoms with van der Waals surface area (Å²) in [6.07, 6.45) is 5.23. The number of aromatic nitrogens is 1. The number of para-hydroxylation sites is 1. The fraction of sp³-hybridized carbons (Fsp3) is 0.393. The van der Waals surface area contributed by atoms with Crippen molar-refractivity contribution in [1.82, 2.24) is 4.98 Å². The van der Waals surface area contributed by atoms with Crippen LogP contribution in [0.3, 0.4) is 0 Å². The molecule has 0 N–H and O–H groups in total. The summed E-state index contributed by atoms with van der Waals surface area (Å²) in [6, 6.07) is 24.0. The lowest BCUT2D eigenvalue weighted by atomic mass is 9.70. The minimum Gasteiger partial charge on any atom is -0.370 e. The predicted octanol–water partition coefficient (Wildman–Crippen LogP) is 8.27. The van der Waals surface area contributed by atoms with Crippen LogP contribution < -0.4 is 0 Å². The van der Waals surface area contributed by atoms with Gasteiger partial charge in [0.15, 0.2) is 4.34 Å². The van der Waals surface area contributed by atoms with Gasteiger partial charge in [0.1, 0.15) is 0 Å². The highest BCUT2D eigenvalue weighted by atomic mass is 32.2. The Bertz CT molecular complexity index is 1230. The molecule has 0 bridgehead atoms. The number of hydrogen-bond acceptors (Lipinski definition) is 4. The number of ether oxygens (including phenoxy) is 1. The van der Waals surface area contributed by atoms with Gasteiger partial charge in [-0.05, 0) is 66.6 Å². The van der Waals surface area contributed by atoms with Crippen molar-refractivity contribution in [3.63, 3.8) is 0 Å². The van der Waals surface area contributed by atoms with Crippen molar-refractivity contribution in [3.8, 4) is 0 Å². The van der Waals surface area contributed by atoms with Crippen molar-refractivity contribution >= 4 is 44.1 Å². The van der Waals surface area contributed by atoms with Crippen LogP contribution in [0.1, 0.15) is 51.2 Å². The summed E-state index contributed by atoms with van der Waals surface area (Å²) in [4.78, 5) is 4.98. The summed E-state index contributed by atoms with van der Waals surface area (Å²) in [6.45, 7) is 4.87. The van der Waals surface area contributed by atoms with E-state index in [0.29, 0.717) is 12.0 Å². The van der Waals surface area contributed by atoms with Gasteiger partial charge in [0, 0.05) is 10.7 Å². The maximum absolute atomic E-state index is 6.86. The van der Waals surface area contributed by atoms with E-state index < -0.39 is 0 Å². The third-order valence-corrected chi connectivity index (χ3v) is 10.0. The van der Waals surface area contributed by atoms with E-state index in [-0.39, 0.29) is 10.9 Å². The summed E-state index contributed by atoms with van der Waals surface area (Å²) < 4.78 is 9.46. The molecule has 1 aromatic heterocycles. The number of thioether (sulfide) groups is 1. The molecule has 4 heteroatoms. The van der Waals surface area contributed by atoms with E-state index in [4.69, 9.17) is 9.72 Å². The molecule has 1 saturated heterocycles. The van der Waals surface area contributed by atoms with Crippen molar-refractivity contribution in [2.45, 2.75) is 60.8 Å². The molecule has 0 radical (unpaired) electrons. The maximum Gasteiger partial charge on any atom is 0.151 e. The largest absolute Gasteiger partial charge is 0.370 e. The van der Waals surface area contributed by atoms with Crippen molar-refractivity contribution in [3.05, 3.63) is 72.3 Å². The molecule has 164 valence electrons. The van der Waals surface area contributed by atoms with Crippen LogP contribution in [0.2, 0.25) is 0 Å². The number of thiazole rings is 1. The Morgan fingerprint density at radius 1 is 1.00 bits per heavy atom. The quantitative estimate of drug-likeness (QED) is 0.308. The smallest absolute Gasteiger partial charge is 0.151 e. The number of fused-ring (bicyclic) bond motifs is 3. The Morgan fingerprint density at radius 3 is 2.69 bits per heavy atom. The molecule has 2 heterocycles. The summed E-state index contributed by atoms with van der Waals surface area (Å²) >= 11 is 3.85. The van der Waals surface area contributed by atoms with E-state index in [2.05, 4.69) is 80.6 Å². The second-order valence-corrected chi connectivity index (χ2v) is 12.7. The van der Waals surface area contributed by atoms with E-state index in [1.807, 2.05) is 23.1 Å². The Labute approximate surface area is 198 Å². The van der Waals surface area contributed by atoms with Gasteiger partial charge in [-0.2, -0.15) is 0 Å². The molecule has 1 saturated carbocycles. The summed E-state index contributed by atoms with van der Waals surface area (Å²) in [5.74, 6) is 1.32. The Morgan fingerprint density at radius 2 is 1.81 bits per heavy atom. The zero-order valence-electron chi connectivity index (χ0n) is 18.7. The molecule has 2 aliphatic rings. The molecule has 4 aromatic rings. The summed E-state index contributed by atoms with van der Waals surface area (Å²) in [5.41, 5.74) is 2.44. The van der Waals surface area contributed by atoms with Crippen LogP contribution in [-0.2, 0) is 4.74 Å². The van der Waals surface area contributed by atoms with Crippen molar-refractivity contribution in [1.29, 1.82) is 0 Å². The highest BCUT2D eigenvalue weighted by Gasteiger charge is 2.49. The lowest BCUT2D eigenvalue weighted by Crippen LogP contribution is -2.49. The molecule has 5 atom stereocenters. The molecule has 1 aliphatic carbocycles. The number of benzene rings is 3. The lowest BCUT2D eigenvalue weighted by Gasteiger charge is -2.51. The standard InChI is InChI=1S/C28H29NOS2/c1-18-11-14-22-24(15-18)30-25(21-13-12-19-7-3-4-8-20(19)16-21)17-28(22,2)32-27-29-23-9-5-6-10-26(23)31-27/h3-10,12-13,16,18,22,24-25H,11,14-15,17H2,1-2H3/t18-,22-,24-,25-,28-/m1/s1. The van der Waals surface area contributed by atoms with Crippen LogP contribution in [0.15, 0.2) is 71.1 Å². The predicted molar refractivity (Wildman–Crippen MR) is 137 cm³/mol. The van der Waals surface area contributed by atoms with Crippen LogP contribution in [0.25, 0.3) is 21.0 Å². The highest BCUT2D eigenvalue weighted by Crippen LogP contribution is 2.56. The van der Waals surface area contributed by atoms with Gasteiger partial charge in [0.2, 0.25) is 0 Å².